The Balaban J connectivity index is 1.97. The van der Waals surface area contributed by atoms with E-state index in [9.17, 15) is 14.0 Å². The third kappa shape index (κ3) is 3.69. The van der Waals surface area contributed by atoms with Crippen molar-refractivity contribution in [2.24, 2.45) is 7.05 Å². The first-order valence-electron chi connectivity index (χ1n) is 7.60. The second-order valence-electron chi connectivity index (χ2n) is 5.48. The molecule has 1 aliphatic heterocycles. The van der Waals surface area contributed by atoms with Crippen LogP contribution in [0.5, 0.6) is 0 Å². The van der Waals surface area contributed by atoms with Crippen molar-refractivity contribution in [2.75, 3.05) is 12.9 Å². The first-order valence-corrected chi connectivity index (χ1v) is 8.59. The second kappa shape index (κ2) is 7.56. The van der Waals surface area contributed by atoms with Crippen molar-refractivity contribution >= 4 is 23.8 Å². The van der Waals surface area contributed by atoms with Gasteiger partial charge in [0.05, 0.1) is 18.7 Å². The van der Waals surface area contributed by atoms with E-state index in [-0.39, 0.29) is 11.3 Å². The minimum absolute atomic E-state index is 0.258. The minimum atomic E-state index is -0.744. The van der Waals surface area contributed by atoms with Crippen LogP contribution in [0.2, 0.25) is 0 Å². The van der Waals surface area contributed by atoms with Crippen LogP contribution >= 0.6 is 11.8 Å². The van der Waals surface area contributed by atoms with Crippen LogP contribution in [-0.4, -0.2) is 39.6 Å². The lowest BCUT2D eigenvalue weighted by Gasteiger charge is -2.29. The van der Waals surface area contributed by atoms with Crippen molar-refractivity contribution in [1.29, 1.82) is 0 Å². The highest BCUT2D eigenvalue weighted by atomic mass is 32.2. The molecule has 26 heavy (non-hydrogen) atoms. The maximum atomic E-state index is 13.2. The number of benzene rings is 1. The number of halogens is 1. The van der Waals surface area contributed by atoms with Crippen LogP contribution in [0.25, 0.3) is 0 Å². The number of methoxy groups -OCH3 is 1. The molecule has 1 aliphatic rings. The largest absolute Gasteiger partial charge is 0.466 e. The Morgan fingerprint density at radius 3 is 2.73 bits per heavy atom. The van der Waals surface area contributed by atoms with E-state index in [1.165, 1.54) is 43.1 Å². The van der Waals surface area contributed by atoms with Crippen LogP contribution in [0.1, 0.15) is 11.6 Å². The number of amides is 2. The Bertz CT molecular complexity index is 865. The number of esters is 1. The van der Waals surface area contributed by atoms with Gasteiger partial charge in [0, 0.05) is 18.5 Å². The number of carbonyl (C=O) groups excluding carboxylic acids is 2. The summed E-state index contributed by atoms with van der Waals surface area (Å²) in [7, 11) is 3.06. The summed E-state index contributed by atoms with van der Waals surface area (Å²) < 4.78 is 19.8. The summed E-state index contributed by atoms with van der Waals surface area (Å²) >= 11 is 1.31. The number of rotatable bonds is 5. The smallest absolute Gasteiger partial charge is 0.338 e. The Morgan fingerprint density at radius 1 is 1.38 bits per heavy atom. The van der Waals surface area contributed by atoms with E-state index in [1.807, 2.05) is 0 Å². The average Bonchev–Trinajstić information content (AvgIpc) is 3.04. The third-order valence-corrected chi connectivity index (χ3v) is 4.84. The fraction of sp³-hybridized carbons (Fsp3) is 0.250. The summed E-state index contributed by atoms with van der Waals surface area (Å²) in [5.74, 6) is -0.710. The van der Waals surface area contributed by atoms with Crippen molar-refractivity contribution < 1.29 is 18.7 Å². The van der Waals surface area contributed by atoms with Gasteiger partial charge in [0.15, 0.2) is 5.16 Å². The predicted octanol–water partition coefficient (Wildman–Crippen LogP) is 1.53. The van der Waals surface area contributed by atoms with Crippen molar-refractivity contribution in [3.63, 3.8) is 0 Å². The zero-order chi connectivity index (χ0) is 18.7. The molecular weight excluding hydrogens is 361 g/mol. The zero-order valence-corrected chi connectivity index (χ0v) is 14.8. The average molecular weight is 377 g/mol. The normalized spacial score (nSPS) is 16.9. The van der Waals surface area contributed by atoms with Gasteiger partial charge < -0.3 is 19.9 Å². The SMILES string of the molecule is COC(=O)C1=C(CSc2nncn2C)NC(=O)N[C@H]1c1ccc(F)cc1. The number of nitrogens with one attached hydrogen (secondary N) is 2. The predicted molar refractivity (Wildman–Crippen MR) is 91.6 cm³/mol. The zero-order valence-electron chi connectivity index (χ0n) is 14.0. The van der Waals surface area contributed by atoms with E-state index in [2.05, 4.69) is 20.8 Å². The van der Waals surface area contributed by atoms with Crippen molar-refractivity contribution in [2.45, 2.75) is 11.2 Å². The van der Waals surface area contributed by atoms with Crippen LogP contribution in [-0.2, 0) is 16.6 Å². The molecule has 136 valence electrons. The molecule has 2 amide bonds. The van der Waals surface area contributed by atoms with Gasteiger partial charge in [0.1, 0.15) is 12.1 Å². The molecule has 1 aromatic heterocycles. The number of thioether (sulfide) groups is 1. The third-order valence-electron chi connectivity index (χ3n) is 3.78. The molecular formula is C16H16FN5O3S. The molecule has 0 unspecified atom stereocenters. The van der Waals surface area contributed by atoms with Gasteiger partial charge in [-0.3, -0.25) is 0 Å². The van der Waals surface area contributed by atoms with Gasteiger partial charge in [-0.05, 0) is 17.7 Å². The van der Waals surface area contributed by atoms with E-state index in [0.717, 1.165) is 0 Å². The van der Waals surface area contributed by atoms with Gasteiger partial charge in [-0.15, -0.1) is 10.2 Å². The molecule has 8 nitrogen and oxygen atoms in total. The maximum Gasteiger partial charge on any atom is 0.338 e. The topological polar surface area (TPSA) is 98.1 Å². The molecule has 3 rings (SSSR count). The Labute approximate surface area is 152 Å². The van der Waals surface area contributed by atoms with Gasteiger partial charge in [0.25, 0.3) is 0 Å². The molecule has 1 aromatic carbocycles. The lowest BCUT2D eigenvalue weighted by Crippen LogP contribution is -2.46. The quantitative estimate of drug-likeness (QED) is 0.606. The molecule has 2 aromatic rings. The van der Waals surface area contributed by atoms with E-state index >= 15 is 0 Å². The number of ether oxygens (including phenoxy) is 1. The van der Waals surface area contributed by atoms with Crippen LogP contribution in [0.3, 0.4) is 0 Å². The first kappa shape index (κ1) is 17.9. The van der Waals surface area contributed by atoms with Crippen LogP contribution in [0.4, 0.5) is 9.18 Å². The van der Waals surface area contributed by atoms with E-state index in [4.69, 9.17) is 4.74 Å². The van der Waals surface area contributed by atoms with E-state index < -0.39 is 23.9 Å². The molecule has 0 spiro atoms. The second-order valence-corrected chi connectivity index (χ2v) is 6.42. The van der Waals surface area contributed by atoms with E-state index in [1.54, 1.807) is 17.9 Å². The van der Waals surface area contributed by atoms with Crippen molar-refractivity contribution in [3.8, 4) is 0 Å². The Morgan fingerprint density at radius 2 is 2.12 bits per heavy atom. The molecule has 0 saturated carbocycles. The summed E-state index contributed by atoms with van der Waals surface area (Å²) in [4.78, 5) is 24.5. The summed E-state index contributed by atoms with van der Waals surface area (Å²) in [6.45, 7) is 0. The molecule has 0 saturated heterocycles. The monoisotopic (exact) mass is 377 g/mol. The van der Waals surface area contributed by atoms with Crippen molar-refractivity contribution in [1.82, 2.24) is 25.4 Å². The molecule has 0 radical (unpaired) electrons. The summed E-state index contributed by atoms with van der Waals surface area (Å²) in [5.41, 5.74) is 1.24. The summed E-state index contributed by atoms with van der Waals surface area (Å²) in [6.07, 6.45) is 1.56. The molecule has 2 N–H and O–H groups in total. The highest BCUT2D eigenvalue weighted by Crippen LogP contribution is 2.30. The first-order chi connectivity index (χ1) is 12.5. The standard InChI is InChI=1S/C16H16FN5O3S/c1-22-8-18-21-16(22)26-7-11-12(14(23)25-2)13(20-15(24)19-11)9-3-5-10(17)6-4-9/h3-6,8,13H,7H2,1-2H3,(H2,19,20,24)/t13-/m0/s1. The molecule has 0 aliphatic carbocycles. The number of urea groups is 1. The number of carbonyl (C=O) groups is 2. The van der Waals surface area contributed by atoms with Gasteiger partial charge in [-0.25, -0.2) is 14.0 Å². The lowest BCUT2D eigenvalue weighted by atomic mass is 9.95. The van der Waals surface area contributed by atoms with Gasteiger partial charge in [-0.1, -0.05) is 23.9 Å². The van der Waals surface area contributed by atoms with Crippen LogP contribution in [0.15, 0.2) is 47.0 Å². The van der Waals surface area contributed by atoms with Gasteiger partial charge in [-0.2, -0.15) is 0 Å². The van der Waals surface area contributed by atoms with Gasteiger partial charge in [0.2, 0.25) is 0 Å². The minimum Gasteiger partial charge on any atom is -0.466 e. The number of hydrogen-bond donors (Lipinski definition) is 2. The fourth-order valence-electron chi connectivity index (χ4n) is 2.53. The summed E-state index contributed by atoms with van der Waals surface area (Å²) in [6, 6.07) is 4.37. The highest BCUT2D eigenvalue weighted by molar-refractivity contribution is 7.99. The molecule has 1 atom stereocenters. The number of aromatic nitrogens is 3. The van der Waals surface area contributed by atoms with Gasteiger partial charge >= 0.3 is 12.0 Å². The van der Waals surface area contributed by atoms with E-state index in [0.29, 0.717) is 16.4 Å². The highest BCUT2D eigenvalue weighted by Gasteiger charge is 2.33. The Kier molecular flexibility index (Phi) is 5.21. The molecule has 0 bridgehead atoms. The lowest BCUT2D eigenvalue weighted by molar-refractivity contribution is -0.136. The number of aryl methyl sites for hydroxylation is 1. The maximum absolute atomic E-state index is 13.2. The molecule has 0 fully saturated rings. The van der Waals surface area contributed by atoms with Crippen molar-refractivity contribution in [3.05, 3.63) is 53.2 Å². The number of hydrogen-bond acceptors (Lipinski definition) is 6. The fourth-order valence-corrected chi connectivity index (χ4v) is 3.38. The molecule has 10 heteroatoms. The van der Waals surface area contributed by atoms with Crippen LogP contribution in [0, 0.1) is 5.82 Å². The summed E-state index contributed by atoms with van der Waals surface area (Å²) in [5, 5.41) is 13.7. The Hall–Kier alpha value is -2.88. The number of nitrogens with zero attached hydrogens (tertiary/aromatic N) is 3. The van der Waals surface area contributed by atoms with Crippen LogP contribution < -0.4 is 10.6 Å². The molecule has 2 heterocycles.